The van der Waals surface area contributed by atoms with E-state index in [1.54, 1.807) is 18.1 Å². The van der Waals surface area contributed by atoms with Crippen LogP contribution in [0.15, 0.2) is 18.1 Å². The van der Waals surface area contributed by atoms with Crippen LogP contribution in [0.3, 0.4) is 0 Å². The molecule has 1 atom stereocenters. The van der Waals surface area contributed by atoms with Gasteiger partial charge >= 0.3 is 0 Å². The zero-order valence-electron chi connectivity index (χ0n) is 10.0. The fourth-order valence-electron chi connectivity index (χ4n) is 1.77. The van der Waals surface area contributed by atoms with Crippen molar-refractivity contribution >= 4 is 5.91 Å². The molecule has 3 nitrogen and oxygen atoms in total. The molecule has 1 aliphatic rings. The first kappa shape index (κ1) is 11.9. The van der Waals surface area contributed by atoms with E-state index in [9.17, 15) is 4.79 Å². The van der Waals surface area contributed by atoms with Crippen LogP contribution in [0.4, 0.5) is 0 Å². The van der Waals surface area contributed by atoms with Gasteiger partial charge in [0, 0.05) is 19.8 Å². The zero-order valence-corrected chi connectivity index (χ0v) is 10.0. The Labute approximate surface area is 92.0 Å². The van der Waals surface area contributed by atoms with Crippen LogP contribution in [0.5, 0.6) is 0 Å². The maximum atomic E-state index is 12.0. The monoisotopic (exact) mass is 208 g/mol. The molecule has 0 fully saturated rings. The lowest BCUT2D eigenvalue weighted by Crippen LogP contribution is -2.43. The fraction of sp³-hybridized carbons (Fsp3) is 0.667. The maximum Gasteiger partial charge on any atom is 0.249 e. The summed E-state index contributed by atoms with van der Waals surface area (Å²) in [5, 5.41) is 0. The highest BCUT2D eigenvalue weighted by molar-refractivity contribution is 5.83. The molecule has 15 heavy (non-hydrogen) atoms. The molecule has 1 heterocycles. The van der Waals surface area contributed by atoms with Crippen molar-refractivity contribution in [1.82, 2.24) is 9.80 Å². The van der Waals surface area contributed by atoms with Crippen molar-refractivity contribution in [2.75, 3.05) is 13.6 Å². The highest BCUT2D eigenvalue weighted by Crippen LogP contribution is 2.16. The van der Waals surface area contributed by atoms with Gasteiger partial charge in [-0.1, -0.05) is 19.6 Å². The number of amides is 1. The number of carbonyl (C=O) groups is 1. The molecule has 0 N–H and O–H groups in total. The van der Waals surface area contributed by atoms with Crippen molar-refractivity contribution in [1.29, 1.82) is 0 Å². The SMILES string of the molecule is CCN1C=C=CN(C)C(=O)C1CC(C)C. The Hall–Kier alpha value is -1.21. The van der Waals surface area contributed by atoms with Gasteiger partial charge in [-0.15, -0.1) is 0 Å². The number of rotatable bonds is 3. The second-order valence-electron chi connectivity index (χ2n) is 4.35. The van der Waals surface area contributed by atoms with Crippen molar-refractivity contribution < 1.29 is 4.79 Å². The Morgan fingerprint density at radius 2 is 2.13 bits per heavy atom. The molecule has 0 aliphatic carbocycles. The van der Waals surface area contributed by atoms with E-state index in [0.717, 1.165) is 13.0 Å². The molecule has 0 aromatic carbocycles. The lowest BCUT2D eigenvalue weighted by atomic mass is 10.0. The minimum absolute atomic E-state index is 0.0359. The van der Waals surface area contributed by atoms with Crippen LogP contribution in [0, 0.1) is 5.92 Å². The highest BCUT2D eigenvalue weighted by Gasteiger charge is 2.27. The Morgan fingerprint density at radius 1 is 1.47 bits per heavy atom. The van der Waals surface area contributed by atoms with E-state index in [1.807, 2.05) is 6.20 Å². The molecule has 1 aliphatic heterocycles. The summed E-state index contributed by atoms with van der Waals surface area (Å²) in [6, 6.07) is -0.0359. The summed E-state index contributed by atoms with van der Waals surface area (Å²) in [6.07, 6.45) is 4.48. The summed E-state index contributed by atoms with van der Waals surface area (Å²) < 4.78 is 0. The molecule has 1 unspecified atom stereocenters. The maximum absolute atomic E-state index is 12.0. The number of hydrogen-bond acceptors (Lipinski definition) is 2. The molecule has 0 spiro atoms. The van der Waals surface area contributed by atoms with Gasteiger partial charge in [0.15, 0.2) is 0 Å². The standard InChI is InChI=1S/C12H20N2O/c1-5-14-8-6-7-13(4)12(15)11(14)9-10(2)3/h7-8,10-11H,5,9H2,1-4H3. The second kappa shape index (κ2) is 5.04. The normalized spacial score (nSPS) is 21.4. The number of carbonyl (C=O) groups excluding carboxylic acids is 1. The van der Waals surface area contributed by atoms with Crippen LogP contribution < -0.4 is 0 Å². The van der Waals surface area contributed by atoms with Crippen molar-refractivity contribution in [3.8, 4) is 0 Å². The van der Waals surface area contributed by atoms with Crippen molar-refractivity contribution in [3.63, 3.8) is 0 Å². The predicted octanol–water partition coefficient (Wildman–Crippen LogP) is 1.82. The molecular formula is C12H20N2O. The van der Waals surface area contributed by atoms with Gasteiger partial charge in [0.2, 0.25) is 5.91 Å². The van der Waals surface area contributed by atoms with Crippen molar-refractivity contribution in [2.45, 2.75) is 33.2 Å². The van der Waals surface area contributed by atoms with Gasteiger partial charge in [-0.25, -0.2) is 0 Å². The third kappa shape index (κ3) is 2.87. The third-order valence-electron chi connectivity index (χ3n) is 2.60. The van der Waals surface area contributed by atoms with E-state index in [0.29, 0.717) is 5.92 Å². The van der Waals surface area contributed by atoms with Gasteiger partial charge in [-0.3, -0.25) is 4.79 Å². The first-order chi connectivity index (χ1) is 7.06. The molecule has 84 valence electrons. The second-order valence-corrected chi connectivity index (χ2v) is 4.35. The minimum atomic E-state index is -0.0359. The molecule has 0 bridgehead atoms. The Balaban J connectivity index is 2.86. The van der Waals surface area contributed by atoms with Crippen molar-refractivity contribution in [2.24, 2.45) is 5.92 Å². The van der Waals surface area contributed by atoms with Gasteiger partial charge in [-0.2, -0.15) is 0 Å². The summed E-state index contributed by atoms with van der Waals surface area (Å²) in [5.74, 6) is 0.680. The first-order valence-electron chi connectivity index (χ1n) is 5.51. The van der Waals surface area contributed by atoms with Crippen LogP contribution in [0.1, 0.15) is 27.2 Å². The first-order valence-corrected chi connectivity index (χ1v) is 5.51. The predicted molar refractivity (Wildman–Crippen MR) is 61.0 cm³/mol. The van der Waals surface area contributed by atoms with E-state index in [-0.39, 0.29) is 11.9 Å². The summed E-state index contributed by atoms with van der Waals surface area (Å²) in [4.78, 5) is 15.7. The molecule has 1 amide bonds. The summed E-state index contributed by atoms with van der Waals surface area (Å²) >= 11 is 0. The summed E-state index contributed by atoms with van der Waals surface area (Å²) in [6.45, 7) is 7.19. The molecule has 0 aromatic heterocycles. The minimum Gasteiger partial charge on any atom is -0.359 e. The quantitative estimate of drug-likeness (QED) is 0.660. The Morgan fingerprint density at radius 3 is 2.67 bits per heavy atom. The zero-order chi connectivity index (χ0) is 11.4. The topological polar surface area (TPSA) is 23.6 Å². The van der Waals surface area contributed by atoms with E-state index in [2.05, 4.69) is 31.4 Å². The average molecular weight is 208 g/mol. The van der Waals surface area contributed by atoms with Gasteiger partial charge in [0.25, 0.3) is 0 Å². The van der Waals surface area contributed by atoms with E-state index in [4.69, 9.17) is 0 Å². The summed E-state index contributed by atoms with van der Waals surface area (Å²) in [7, 11) is 1.79. The van der Waals surface area contributed by atoms with Gasteiger partial charge < -0.3 is 9.80 Å². The Kier molecular flexibility index (Phi) is 3.98. The molecule has 0 radical (unpaired) electrons. The van der Waals surface area contributed by atoms with Crippen molar-refractivity contribution in [3.05, 3.63) is 18.1 Å². The lowest BCUT2D eigenvalue weighted by Gasteiger charge is -2.29. The third-order valence-corrected chi connectivity index (χ3v) is 2.60. The number of nitrogens with zero attached hydrogens (tertiary/aromatic N) is 2. The number of hydrogen-bond donors (Lipinski definition) is 0. The number of likely N-dealkylation sites (N-methyl/N-ethyl adjacent to an activating group) is 2. The highest BCUT2D eigenvalue weighted by atomic mass is 16.2. The van der Waals surface area contributed by atoms with Crippen LogP contribution in [0.25, 0.3) is 0 Å². The van der Waals surface area contributed by atoms with Crippen LogP contribution >= 0.6 is 0 Å². The molecular weight excluding hydrogens is 188 g/mol. The molecule has 0 saturated carbocycles. The van der Waals surface area contributed by atoms with E-state index < -0.39 is 0 Å². The average Bonchev–Trinajstić information content (AvgIpc) is 2.30. The van der Waals surface area contributed by atoms with Crippen LogP contribution in [0.2, 0.25) is 0 Å². The largest absolute Gasteiger partial charge is 0.359 e. The molecule has 3 heteroatoms. The van der Waals surface area contributed by atoms with E-state index in [1.165, 1.54) is 0 Å². The fourth-order valence-corrected chi connectivity index (χ4v) is 1.77. The van der Waals surface area contributed by atoms with Gasteiger partial charge in [0.05, 0.1) is 6.20 Å². The van der Waals surface area contributed by atoms with Crippen LogP contribution in [-0.2, 0) is 4.79 Å². The molecule has 1 rings (SSSR count). The Bertz CT molecular complexity index is 290. The van der Waals surface area contributed by atoms with Gasteiger partial charge in [0.1, 0.15) is 6.04 Å². The summed E-state index contributed by atoms with van der Waals surface area (Å²) in [5.41, 5.74) is 3.01. The molecule has 0 aromatic rings. The smallest absolute Gasteiger partial charge is 0.249 e. The van der Waals surface area contributed by atoms with Gasteiger partial charge in [-0.05, 0) is 19.3 Å². The van der Waals surface area contributed by atoms with E-state index >= 15 is 0 Å². The van der Waals surface area contributed by atoms with Crippen LogP contribution in [-0.4, -0.2) is 35.3 Å². The lowest BCUT2D eigenvalue weighted by molar-refractivity contribution is -0.132. The molecule has 0 saturated heterocycles.